The van der Waals surface area contributed by atoms with Crippen LogP contribution in [0.3, 0.4) is 0 Å². The Morgan fingerprint density at radius 2 is 2.18 bits per heavy atom. The summed E-state index contributed by atoms with van der Waals surface area (Å²) in [6.45, 7) is 5.21. The van der Waals surface area contributed by atoms with Gasteiger partial charge in [0.25, 0.3) is 0 Å². The fourth-order valence-electron chi connectivity index (χ4n) is 3.60. The van der Waals surface area contributed by atoms with E-state index in [0.717, 1.165) is 25.3 Å². The summed E-state index contributed by atoms with van der Waals surface area (Å²) in [7, 11) is 1.83. The first-order valence-electron chi connectivity index (χ1n) is 8.34. The number of rotatable bonds is 4. The maximum atomic E-state index is 5.89. The minimum Gasteiger partial charge on any atom is -0.373 e. The molecule has 1 aromatic rings. The Balaban J connectivity index is 1.47. The van der Waals surface area contributed by atoms with Crippen molar-refractivity contribution in [3.8, 4) is 0 Å². The highest BCUT2D eigenvalue weighted by Crippen LogP contribution is 2.34. The van der Waals surface area contributed by atoms with Crippen molar-refractivity contribution in [2.24, 2.45) is 4.99 Å². The van der Waals surface area contributed by atoms with Crippen LogP contribution in [0.4, 0.5) is 0 Å². The number of ether oxygens (including phenoxy) is 1. The minimum atomic E-state index is 0.378. The molecule has 0 aromatic heterocycles. The molecule has 120 valence electrons. The number of aliphatic imine (C=N–C) groups is 1. The van der Waals surface area contributed by atoms with Crippen molar-refractivity contribution < 1.29 is 4.74 Å². The van der Waals surface area contributed by atoms with E-state index in [1.165, 1.54) is 29.5 Å². The zero-order valence-corrected chi connectivity index (χ0v) is 13.9. The zero-order valence-electron chi connectivity index (χ0n) is 13.9. The van der Waals surface area contributed by atoms with Crippen LogP contribution in [0.2, 0.25) is 0 Å². The first kappa shape index (κ1) is 15.3. The van der Waals surface area contributed by atoms with Gasteiger partial charge in [0.05, 0.1) is 18.2 Å². The van der Waals surface area contributed by atoms with Gasteiger partial charge in [-0.2, -0.15) is 0 Å². The topological polar surface area (TPSA) is 45.7 Å². The summed E-state index contributed by atoms with van der Waals surface area (Å²) < 4.78 is 5.89. The molecule has 0 amide bonds. The van der Waals surface area contributed by atoms with Crippen molar-refractivity contribution >= 4 is 5.96 Å². The minimum absolute atomic E-state index is 0.378. The monoisotopic (exact) mass is 301 g/mol. The van der Waals surface area contributed by atoms with Crippen molar-refractivity contribution in [2.45, 2.75) is 57.8 Å². The zero-order chi connectivity index (χ0) is 15.5. The molecular formula is C18H27N3O. The Bertz CT molecular complexity index is 555. The maximum Gasteiger partial charge on any atom is 0.191 e. The van der Waals surface area contributed by atoms with E-state index in [2.05, 4.69) is 47.7 Å². The fourth-order valence-corrected chi connectivity index (χ4v) is 3.60. The fraction of sp³-hybridized carbons (Fsp3) is 0.611. The quantitative estimate of drug-likeness (QED) is 0.663. The largest absolute Gasteiger partial charge is 0.373 e. The third-order valence-electron chi connectivity index (χ3n) is 4.84. The first-order valence-corrected chi connectivity index (χ1v) is 8.34. The van der Waals surface area contributed by atoms with Gasteiger partial charge in [-0.1, -0.05) is 23.8 Å². The SMILES string of the molecule is CN=C(NCCc1ccc(C)cc1C)NC1CC2CCC1O2. The smallest absolute Gasteiger partial charge is 0.191 e. The van der Waals surface area contributed by atoms with Gasteiger partial charge in [-0.05, 0) is 50.7 Å². The van der Waals surface area contributed by atoms with Gasteiger partial charge in [-0.25, -0.2) is 0 Å². The average Bonchev–Trinajstić information content (AvgIpc) is 3.11. The van der Waals surface area contributed by atoms with Gasteiger partial charge in [-0.15, -0.1) is 0 Å². The van der Waals surface area contributed by atoms with Gasteiger partial charge in [-0.3, -0.25) is 4.99 Å². The van der Waals surface area contributed by atoms with Gasteiger partial charge >= 0.3 is 0 Å². The Labute approximate surface area is 133 Å². The van der Waals surface area contributed by atoms with Crippen LogP contribution in [0.15, 0.2) is 23.2 Å². The predicted octanol–water partition coefficient (Wildman–Crippen LogP) is 2.33. The molecule has 4 heteroatoms. The van der Waals surface area contributed by atoms with E-state index in [9.17, 15) is 0 Å². The van der Waals surface area contributed by atoms with E-state index in [4.69, 9.17) is 4.74 Å². The molecule has 0 radical (unpaired) electrons. The first-order chi connectivity index (χ1) is 10.7. The molecule has 1 aromatic carbocycles. The van der Waals surface area contributed by atoms with Gasteiger partial charge < -0.3 is 15.4 Å². The molecule has 3 atom stereocenters. The number of nitrogens with zero attached hydrogens (tertiary/aromatic N) is 1. The second-order valence-corrected chi connectivity index (χ2v) is 6.54. The maximum absolute atomic E-state index is 5.89. The standard InChI is InChI=1S/C18H27N3O/c1-12-4-5-14(13(2)10-12)8-9-20-18(19-3)21-16-11-15-6-7-17(16)22-15/h4-5,10,15-17H,6-9,11H2,1-3H3,(H2,19,20,21). The molecule has 4 nitrogen and oxygen atoms in total. The molecule has 3 unspecified atom stereocenters. The van der Waals surface area contributed by atoms with Crippen molar-refractivity contribution in [3.05, 3.63) is 34.9 Å². The highest BCUT2D eigenvalue weighted by molar-refractivity contribution is 5.80. The van der Waals surface area contributed by atoms with Gasteiger partial charge in [0.15, 0.2) is 5.96 Å². The lowest BCUT2D eigenvalue weighted by molar-refractivity contribution is 0.0992. The van der Waals surface area contributed by atoms with Crippen LogP contribution >= 0.6 is 0 Å². The Morgan fingerprint density at radius 1 is 1.32 bits per heavy atom. The van der Waals surface area contributed by atoms with Crippen molar-refractivity contribution in [1.29, 1.82) is 0 Å². The number of fused-ring (bicyclic) bond motifs is 2. The van der Waals surface area contributed by atoms with E-state index >= 15 is 0 Å². The number of aryl methyl sites for hydroxylation is 2. The van der Waals surface area contributed by atoms with Crippen molar-refractivity contribution in [3.63, 3.8) is 0 Å². The highest BCUT2D eigenvalue weighted by Gasteiger charge is 2.41. The number of hydrogen-bond donors (Lipinski definition) is 2. The van der Waals surface area contributed by atoms with Crippen LogP contribution in [0, 0.1) is 13.8 Å². The summed E-state index contributed by atoms with van der Waals surface area (Å²) in [6.07, 6.45) is 5.38. The van der Waals surface area contributed by atoms with Gasteiger partial charge in [0.1, 0.15) is 0 Å². The molecule has 2 heterocycles. The third kappa shape index (κ3) is 3.43. The molecule has 2 aliphatic heterocycles. The number of guanidine groups is 1. The third-order valence-corrected chi connectivity index (χ3v) is 4.84. The van der Waals surface area contributed by atoms with Crippen LogP contribution in [0.25, 0.3) is 0 Å². The van der Waals surface area contributed by atoms with Gasteiger partial charge in [0, 0.05) is 13.6 Å². The lowest BCUT2D eigenvalue weighted by Gasteiger charge is -2.22. The second-order valence-electron chi connectivity index (χ2n) is 6.54. The van der Waals surface area contributed by atoms with Crippen LogP contribution in [-0.4, -0.2) is 37.8 Å². The molecular weight excluding hydrogens is 274 g/mol. The molecule has 22 heavy (non-hydrogen) atoms. The van der Waals surface area contributed by atoms with E-state index in [1.807, 2.05) is 7.05 Å². The molecule has 3 rings (SSSR count). The molecule has 0 saturated carbocycles. The molecule has 0 aliphatic carbocycles. The summed E-state index contributed by atoms with van der Waals surface area (Å²) in [5, 5.41) is 6.95. The molecule has 2 fully saturated rings. The molecule has 2 N–H and O–H groups in total. The Hall–Kier alpha value is -1.55. The molecule has 0 spiro atoms. The Kier molecular flexibility index (Phi) is 4.67. The summed E-state index contributed by atoms with van der Waals surface area (Å²) in [6, 6.07) is 7.08. The van der Waals surface area contributed by atoms with E-state index < -0.39 is 0 Å². The lowest BCUT2D eigenvalue weighted by atomic mass is 9.96. The summed E-state index contributed by atoms with van der Waals surface area (Å²) in [5.41, 5.74) is 4.09. The normalized spacial score (nSPS) is 27.2. The van der Waals surface area contributed by atoms with Crippen molar-refractivity contribution in [2.75, 3.05) is 13.6 Å². The highest BCUT2D eigenvalue weighted by atomic mass is 16.5. The number of nitrogens with one attached hydrogen (secondary N) is 2. The predicted molar refractivity (Wildman–Crippen MR) is 90.4 cm³/mol. The van der Waals surface area contributed by atoms with Crippen LogP contribution in [0.1, 0.15) is 36.0 Å². The number of hydrogen-bond acceptors (Lipinski definition) is 2. The van der Waals surface area contributed by atoms with Crippen LogP contribution in [0.5, 0.6) is 0 Å². The number of benzene rings is 1. The lowest BCUT2D eigenvalue weighted by Crippen LogP contribution is -2.47. The van der Waals surface area contributed by atoms with E-state index in [-0.39, 0.29) is 0 Å². The van der Waals surface area contributed by atoms with E-state index in [1.54, 1.807) is 0 Å². The molecule has 2 bridgehead atoms. The summed E-state index contributed by atoms with van der Waals surface area (Å²) in [4.78, 5) is 4.34. The summed E-state index contributed by atoms with van der Waals surface area (Å²) >= 11 is 0. The summed E-state index contributed by atoms with van der Waals surface area (Å²) in [5.74, 6) is 0.894. The van der Waals surface area contributed by atoms with Crippen molar-refractivity contribution in [1.82, 2.24) is 10.6 Å². The molecule has 2 aliphatic rings. The molecule has 2 saturated heterocycles. The van der Waals surface area contributed by atoms with Crippen LogP contribution in [-0.2, 0) is 11.2 Å². The van der Waals surface area contributed by atoms with Gasteiger partial charge in [0.2, 0.25) is 0 Å². The Morgan fingerprint density at radius 3 is 2.82 bits per heavy atom. The van der Waals surface area contributed by atoms with Crippen LogP contribution < -0.4 is 10.6 Å². The average molecular weight is 301 g/mol. The second kappa shape index (κ2) is 6.69. The van der Waals surface area contributed by atoms with E-state index in [0.29, 0.717) is 18.2 Å².